The Bertz CT molecular complexity index is 737. The number of carbonyl (C=O) groups is 2. The van der Waals surface area contributed by atoms with Gasteiger partial charge in [-0.3, -0.25) is 4.79 Å². The van der Waals surface area contributed by atoms with Gasteiger partial charge in [0.1, 0.15) is 0 Å². The Labute approximate surface area is 141 Å². The van der Waals surface area contributed by atoms with Gasteiger partial charge in [0.05, 0.1) is 5.75 Å². The number of carbonyl (C=O) groups excluding carboxylic acids is 2. The van der Waals surface area contributed by atoms with E-state index in [9.17, 15) is 18.0 Å². The molecule has 1 aromatic rings. The predicted octanol–water partition coefficient (Wildman–Crippen LogP) is 1.27. The molecule has 7 nitrogen and oxygen atoms in total. The smallest absolute Gasteiger partial charge is 0.417 e. The van der Waals surface area contributed by atoms with Crippen molar-refractivity contribution in [3.05, 3.63) is 35.4 Å². The number of cyclic esters (lactones) is 1. The van der Waals surface area contributed by atoms with Gasteiger partial charge in [0, 0.05) is 19.1 Å². The van der Waals surface area contributed by atoms with E-state index in [1.807, 2.05) is 25.1 Å². The fourth-order valence-electron chi connectivity index (χ4n) is 3.20. The number of hydrogen-bond acceptors (Lipinski definition) is 5. The zero-order valence-corrected chi connectivity index (χ0v) is 14.3. The van der Waals surface area contributed by atoms with E-state index < -0.39 is 16.1 Å². The molecule has 0 saturated carbocycles. The van der Waals surface area contributed by atoms with Crippen molar-refractivity contribution in [2.24, 2.45) is 0 Å². The summed E-state index contributed by atoms with van der Waals surface area (Å²) in [6.07, 6.45) is 0.253. The Balaban J connectivity index is 1.63. The number of sulfonamides is 1. The summed E-state index contributed by atoms with van der Waals surface area (Å²) in [4.78, 5) is 24.4. The normalized spacial score (nSPS) is 20.5. The second-order valence-electron chi connectivity index (χ2n) is 6.19. The molecular formula is C16H20N2O5S. The average molecular weight is 352 g/mol. The van der Waals surface area contributed by atoms with Crippen molar-refractivity contribution in [1.29, 1.82) is 0 Å². The van der Waals surface area contributed by atoms with Crippen LogP contribution < -0.4 is 0 Å². The van der Waals surface area contributed by atoms with Crippen LogP contribution in [0, 0.1) is 6.92 Å². The summed E-state index contributed by atoms with van der Waals surface area (Å²) >= 11 is 0. The van der Waals surface area contributed by atoms with Crippen molar-refractivity contribution in [3.63, 3.8) is 0 Å². The number of rotatable bonds is 4. The minimum absolute atomic E-state index is 0.0377. The molecule has 0 aliphatic carbocycles. The molecule has 3 rings (SSSR count). The summed E-state index contributed by atoms with van der Waals surface area (Å²) < 4.78 is 31.3. The maximum atomic E-state index is 12.6. The van der Waals surface area contributed by atoms with E-state index >= 15 is 0 Å². The molecule has 2 fully saturated rings. The molecule has 0 bridgehead atoms. The van der Waals surface area contributed by atoms with Gasteiger partial charge in [0.2, 0.25) is 10.0 Å². The van der Waals surface area contributed by atoms with Gasteiger partial charge in [-0.2, -0.15) is 0 Å². The Morgan fingerprint density at radius 3 is 2.50 bits per heavy atom. The highest BCUT2D eigenvalue weighted by Gasteiger charge is 2.39. The fraction of sp³-hybridized carbons (Fsp3) is 0.500. The molecule has 2 aliphatic rings. The van der Waals surface area contributed by atoms with Crippen molar-refractivity contribution in [1.82, 2.24) is 9.21 Å². The third-order valence-electron chi connectivity index (χ3n) is 4.40. The first-order valence-electron chi connectivity index (χ1n) is 7.89. The monoisotopic (exact) mass is 352 g/mol. The number of benzene rings is 1. The lowest BCUT2D eigenvalue weighted by molar-refractivity contribution is -0.127. The zero-order valence-electron chi connectivity index (χ0n) is 13.5. The van der Waals surface area contributed by atoms with Gasteiger partial charge in [0.25, 0.3) is 5.91 Å². The first-order valence-corrected chi connectivity index (χ1v) is 9.50. The highest BCUT2D eigenvalue weighted by Crippen LogP contribution is 2.23. The summed E-state index contributed by atoms with van der Waals surface area (Å²) in [6, 6.07) is 7.15. The average Bonchev–Trinajstić information content (AvgIpc) is 2.86. The largest absolute Gasteiger partial charge is 0.439 e. The fourth-order valence-corrected chi connectivity index (χ4v) is 4.75. The summed E-state index contributed by atoms with van der Waals surface area (Å²) in [6.45, 7) is 2.31. The van der Waals surface area contributed by atoms with Crippen LogP contribution in [0.3, 0.4) is 0 Å². The number of ether oxygens (including phenoxy) is 1. The van der Waals surface area contributed by atoms with Crippen LogP contribution in [0.25, 0.3) is 0 Å². The number of nitrogens with zero attached hydrogens (tertiary/aromatic N) is 2. The SMILES string of the molecule is Cc1cccc(CS(=O)(=O)N2CCC(N3C(=O)COC3=O)CC2)c1. The van der Waals surface area contributed by atoms with Crippen LogP contribution in [0.4, 0.5) is 4.79 Å². The third kappa shape index (κ3) is 3.44. The lowest BCUT2D eigenvalue weighted by Gasteiger charge is -2.34. The molecule has 130 valence electrons. The van der Waals surface area contributed by atoms with E-state index in [0.717, 1.165) is 16.0 Å². The molecule has 2 amide bonds. The Morgan fingerprint density at radius 2 is 1.92 bits per heavy atom. The number of hydrogen-bond donors (Lipinski definition) is 0. The van der Waals surface area contributed by atoms with Crippen LogP contribution in [-0.2, 0) is 25.3 Å². The van der Waals surface area contributed by atoms with Gasteiger partial charge in [-0.25, -0.2) is 22.4 Å². The molecule has 0 atom stereocenters. The van der Waals surface area contributed by atoms with Crippen LogP contribution in [0.1, 0.15) is 24.0 Å². The second kappa shape index (κ2) is 6.52. The van der Waals surface area contributed by atoms with Gasteiger partial charge < -0.3 is 4.74 Å². The Hall–Kier alpha value is -1.93. The van der Waals surface area contributed by atoms with Crippen molar-refractivity contribution < 1.29 is 22.7 Å². The molecular weight excluding hydrogens is 332 g/mol. The van der Waals surface area contributed by atoms with Crippen LogP contribution in [0.5, 0.6) is 0 Å². The Morgan fingerprint density at radius 1 is 1.21 bits per heavy atom. The molecule has 0 radical (unpaired) electrons. The van der Waals surface area contributed by atoms with Crippen molar-refractivity contribution >= 4 is 22.0 Å². The molecule has 2 heterocycles. The van der Waals surface area contributed by atoms with Crippen LogP contribution in [-0.4, -0.2) is 55.4 Å². The molecule has 0 aromatic heterocycles. The second-order valence-corrected chi connectivity index (χ2v) is 8.16. The molecule has 0 N–H and O–H groups in total. The predicted molar refractivity (Wildman–Crippen MR) is 86.6 cm³/mol. The molecule has 8 heteroatoms. The van der Waals surface area contributed by atoms with Gasteiger partial charge in [0.15, 0.2) is 6.61 Å². The molecule has 0 unspecified atom stereocenters. The maximum Gasteiger partial charge on any atom is 0.417 e. The lowest BCUT2D eigenvalue weighted by Crippen LogP contribution is -2.48. The zero-order chi connectivity index (χ0) is 17.3. The summed E-state index contributed by atoms with van der Waals surface area (Å²) in [5.74, 6) is -0.384. The van der Waals surface area contributed by atoms with E-state index in [1.54, 1.807) is 6.07 Å². The topological polar surface area (TPSA) is 84.0 Å². The van der Waals surface area contributed by atoms with Crippen LogP contribution >= 0.6 is 0 Å². The van der Waals surface area contributed by atoms with E-state index in [1.165, 1.54) is 4.31 Å². The van der Waals surface area contributed by atoms with Crippen molar-refractivity contribution in [2.75, 3.05) is 19.7 Å². The van der Waals surface area contributed by atoms with Gasteiger partial charge in [-0.15, -0.1) is 0 Å². The molecule has 1 aromatic carbocycles. The number of amides is 2. The molecule has 0 spiro atoms. The van der Waals surface area contributed by atoms with E-state index in [4.69, 9.17) is 4.74 Å². The minimum Gasteiger partial charge on any atom is -0.439 e. The Kier molecular flexibility index (Phi) is 4.60. The highest BCUT2D eigenvalue weighted by atomic mass is 32.2. The first kappa shape index (κ1) is 16.9. The standard InChI is InChI=1S/C16H20N2O5S/c1-12-3-2-4-13(9-12)11-24(21,22)17-7-5-14(6-8-17)18-15(19)10-23-16(18)20/h2-4,9,14H,5-8,10-11H2,1H3. The summed E-state index contributed by atoms with van der Waals surface area (Å²) in [7, 11) is -3.41. The quantitative estimate of drug-likeness (QED) is 0.815. The number of aryl methyl sites for hydroxylation is 1. The lowest BCUT2D eigenvalue weighted by atomic mass is 10.1. The van der Waals surface area contributed by atoms with E-state index in [-0.39, 0.29) is 24.3 Å². The third-order valence-corrected chi connectivity index (χ3v) is 6.25. The van der Waals surface area contributed by atoms with Gasteiger partial charge in [-0.05, 0) is 25.3 Å². The minimum atomic E-state index is -3.41. The van der Waals surface area contributed by atoms with E-state index in [0.29, 0.717) is 25.9 Å². The summed E-state index contributed by atoms with van der Waals surface area (Å²) in [5, 5.41) is 0. The van der Waals surface area contributed by atoms with Crippen LogP contribution in [0.15, 0.2) is 24.3 Å². The highest BCUT2D eigenvalue weighted by molar-refractivity contribution is 7.88. The van der Waals surface area contributed by atoms with Crippen LogP contribution in [0.2, 0.25) is 0 Å². The summed E-state index contributed by atoms with van der Waals surface area (Å²) in [5.41, 5.74) is 1.78. The van der Waals surface area contributed by atoms with Crippen molar-refractivity contribution in [3.8, 4) is 0 Å². The van der Waals surface area contributed by atoms with Gasteiger partial charge >= 0.3 is 6.09 Å². The molecule has 2 saturated heterocycles. The van der Waals surface area contributed by atoms with Crippen molar-refractivity contribution in [2.45, 2.75) is 31.6 Å². The number of piperidine rings is 1. The molecule has 2 aliphatic heterocycles. The van der Waals surface area contributed by atoms with Gasteiger partial charge in [-0.1, -0.05) is 29.8 Å². The first-order chi connectivity index (χ1) is 11.4. The van der Waals surface area contributed by atoms with E-state index in [2.05, 4.69) is 0 Å². The maximum absolute atomic E-state index is 12.6. The molecule has 24 heavy (non-hydrogen) atoms. The number of imide groups is 1.